The average molecular weight is 570 g/mol. The van der Waals surface area contributed by atoms with Crippen molar-refractivity contribution in [3.8, 4) is 16.9 Å². The van der Waals surface area contributed by atoms with Crippen LogP contribution in [0.3, 0.4) is 0 Å². The van der Waals surface area contributed by atoms with Crippen molar-refractivity contribution < 1.29 is 18.3 Å². The lowest BCUT2D eigenvalue weighted by Gasteiger charge is -2.30. The Morgan fingerprint density at radius 3 is 2.46 bits per heavy atom. The highest BCUT2D eigenvalue weighted by molar-refractivity contribution is 9.10. The lowest BCUT2D eigenvalue weighted by molar-refractivity contribution is -0.137. The first kappa shape index (κ1) is 25.5. The van der Waals surface area contributed by atoms with E-state index in [-0.39, 0.29) is 11.3 Å². The number of fused-ring (bicyclic) bond motifs is 1. The van der Waals surface area contributed by atoms with E-state index >= 15 is 0 Å². The smallest absolute Gasteiger partial charge is 0.416 e. The van der Waals surface area contributed by atoms with E-state index in [0.717, 1.165) is 59.4 Å². The van der Waals surface area contributed by atoms with E-state index in [2.05, 4.69) is 38.1 Å². The summed E-state index contributed by atoms with van der Waals surface area (Å²) in [6.45, 7) is 4.83. The molecule has 1 aromatic heterocycles. The van der Waals surface area contributed by atoms with Crippen LogP contribution in [0.15, 0.2) is 71.3 Å². The van der Waals surface area contributed by atoms with Crippen molar-refractivity contribution in [1.29, 1.82) is 0 Å². The second-order valence-electron chi connectivity index (χ2n) is 9.71. The van der Waals surface area contributed by atoms with Gasteiger partial charge in [-0.15, -0.1) is 0 Å². The Hall–Kier alpha value is -3.10. The number of alkyl halides is 3. The molecular weight excluding hydrogens is 543 g/mol. The third-order valence-electron chi connectivity index (χ3n) is 6.96. The van der Waals surface area contributed by atoms with E-state index in [9.17, 15) is 18.3 Å². The van der Waals surface area contributed by atoms with Crippen molar-refractivity contribution in [3.05, 3.63) is 82.5 Å². The number of aromatic hydroxyl groups is 1. The largest absolute Gasteiger partial charge is 0.507 e. The number of nitrogens with zero attached hydrogens (tertiary/aromatic N) is 2. The molecule has 1 aliphatic heterocycles. The van der Waals surface area contributed by atoms with E-state index in [1.54, 1.807) is 6.07 Å². The minimum Gasteiger partial charge on any atom is -0.507 e. The quantitative estimate of drug-likeness (QED) is 0.237. The number of rotatable bonds is 5. The third-order valence-corrected chi connectivity index (χ3v) is 7.49. The van der Waals surface area contributed by atoms with Gasteiger partial charge in [0.15, 0.2) is 0 Å². The van der Waals surface area contributed by atoms with Gasteiger partial charge >= 0.3 is 6.18 Å². The summed E-state index contributed by atoms with van der Waals surface area (Å²) < 4.78 is 40.6. The number of likely N-dealkylation sites (tertiary alicyclic amines) is 1. The highest BCUT2D eigenvalue weighted by Crippen LogP contribution is 2.39. The Morgan fingerprint density at radius 1 is 1.03 bits per heavy atom. The van der Waals surface area contributed by atoms with E-state index in [1.807, 2.05) is 36.4 Å². The predicted molar refractivity (Wildman–Crippen MR) is 145 cm³/mol. The van der Waals surface area contributed by atoms with Gasteiger partial charge in [-0.25, -0.2) is 0 Å². The number of nitrogens with one attached hydrogen (secondary N) is 1. The summed E-state index contributed by atoms with van der Waals surface area (Å²) in [5, 5.41) is 15.2. The molecule has 0 radical (unpaired) electrons. The summed E-state index contributed by atoms with van der Waals surface area (Å²) in [7, 11) is 0. The van der Waals surface area contributed by atoms with Crippen molar-refractivity contribution in [2.75, 3.05) is 18.4 Å². The highest BCUT2D eigenvalue weighted by atomic mass is 79.9. The summed E-state index contributed by atoms with van der Waals surface area (Å²) in [6, 6.07) is 16.8. The predicted octanol–water partition coefficient (Wildman–Crippen LogP) is 8.36. The fourth-order valence-electron chi connectivity index (χ4n) is 4.79. The number of piperidine rings is 1. The molecule has 2 N–H and O–H groups in total. The second kappa shape index (κ2) is 10.3. The van der Waals surface area contributed by atoms with Gasteiger partial charge in [0.05, 0.1) is 11.1 Å². The summed E-state index contributed by atoms with van der Waals surface area (Å²) in [5.74, 6) is 0.940. The van der Waals surface area contributed by atoms with Crippen LogP contribution < -0.4 is 5.32 Å². The number of phenols is 1. The maximum atomic E-state index is 13.2. The molecule has 192 valence electrons. The molecular formula is C29H27BrF3N3O. The van der Waals surface area contributed by atoms with Gasteiger partial charge in [-0.05, 0) is 79.9 Å². The summed E-state index contributed by atoms with van der Waals surface area (Å²) >= 11 is 3.46. The number of hydrogen-bond acceptors (Lipinski definition) is 4. The molecule has 0 atom stereocenters. The van der Waals surface area contributed by atoms with Crippen LogP contribution in [-0.4, -0.2) is 28.1 Å². The maximum absolute atomic E-state index is 13.2. The van der Waals surface area contributed by atoms with E-state index < -0.39 is 11.7 Å². The van der Waals surface area contributed by atoms with Crippen LogP contribution >= 0.6 is 15.9 Å². The SMILES string of the molecule is CC1CCN(Cc2cc(Nc3ccnc4cc(C(F)(F)F)ccc34)cc(-c3ccc(Br)cc3)c2O)CC1. The lowest BCUT2D eigenvalue weighted by Crippen LogP contribution is -2.32. The second-order valence-corrected chi connectivity index (χ2v) is 10.6. The van der Waals surface area contributed by atoms with Gasteiger partial charge in [0, 0.05) is 45.1 Å². The van der Waals surface area contributed by atoms with Crippen molar-refractivity contribution in [2.45, 2.75) is 32.5 Å². The first-order valence-corrected chi connectivity index (χ1v) is 13.0. The zero-order valence-electron chi connectivity index (χ0n) is 20.3. The molecule has 0 bridgehead atoms. The van der Waals surface area contributed by atoms with Crippen molar-refractivity contribution >= 4 is 38.2 Å². The third kappa shape index (κ3) is 5.75. The molecule has 0 spiro atoms. The number of halogens is 4. The van der Waals surface area contributed by atoms with Crippen LogP contribution in [0.5, 0.6) is 5.75 Å². The van der Waals surface area contributed by atoms with E-state index in [4.69, 9.17) is 0 Å². The van der Waals surface area contributed by atoms with Crippen LogP contribution in [0.2, 0.25) is 0 Å². The minimum absolute atomic E-state index is 0.237. The van der Waals surface area contributed by atoms with Crippen LogP contribution in [0.1, 0.15) is 30.9 Å². The van der Waals surface area contributed by atoms with Gasteiger partial charge in [-0.2, -0.15) is 13.2 Å². The zero-order chi connectivity index (χ0) is 26.2. The number of pyridine rings is 1. The Morgan fingerprint density at radius 2 is 1.76 bits per heavy atom. The van der Waals surface area contributed by atoms with Gasteiger partial charge in [-0.3, -0.25) is 9.88 Å². The zero-order valence-corrected chi connectivity index (χ0v) is 21.9. The summed E-state index contributed by atoms with van der Waals surface area (Å²) in [4.78, 5) is 6.51. The molecule has 5 rings (SSSR count). The molecule has 1 saturated heterocycles. The van der Waals surface area contributed by atoms with Crippen molar-refractivity contribution in [2.24, 2.45) is 5.92 Å². The molecule has 37 heavy (non-hydrogen) atoms. The van der Waals surface area contributed by atoms with Gasteiger partial charge in [0.1, 0.15) is 5.75 Å². The summed E-state index contributed by atoms with van der Waals surface area (Å²) in [6.07, 6.45) is -0.684. The van der Waals surface area contributed by atoms with Crippen molar-refractivity contribution in [3.63, 3.8) is 0 Å². The molecule has 2 heterocycles. The van der Waals surface area contributed by atoms with Gasteiger partial charge < -0.3 is 10.4 Å². The highest BCUT2D eigenvalue weighted by Gasteiger charge is 2.30. The first-order valence-electron chi connectivity index (χ1n) is 12.2. The Labute approximate surface area is 222 Å². The monoisotopic (exact) mass is 569 g/mol. The molecule has 4 nitrogen and oxygen atoms in total. The lowest BCUT2D eigenvalue weighted by atomic mass is 9.97. The Bertz CT molecular complexity index is 1410. The first-order chi connectivity index (χ1) is 17.7. The van der Waals surface area contributed by atoms with Crippen LogP contribution in [0, 0.1) is 5.92 Å². The van der Waals surface area contributed by atoms with Gasteiger partial charge in [-0.1, -0.05) is 41.1 Å². The van der Waals surface area contributed by atoms with E-state index in [0.29, 0.717) is 29.1 Å². The topological polar surface area (TPSA) is 48.4 Å². The normalized spacial score (nSPS) is 15.3. The molecule has 4 aromatic rings. The Balaban J connectivity index is 1.54. The van der Waals surface area contributed by atoms with Crippen LogP contribution in [-0.2, 0) is 12.7 Å². The number of hydrogen-bond donors (Lipinski definition) is 2. The number of anilines is 2. The summed E-state index contributed by atoms with van der Waals surface area (Å²) in [5.41, 5.74) is 3.27. The molecule has 1 fully saturated rings. The van der Waals surface area contributed by atoms with Crippen LogP contribution in [0.25, 0.3) is 22.0 Å². The molecule has 0 saturated carbocycles. The van der Waals surface area contributed by atoms with Gasteiger partial charge in [0.25, 0.3) is 0 Å². The van der Waals surface area contributed by atoms with E-state index in [1.165, 1.54) is 12.3 Å². The molecule has 0 aliphatic carbocycles. The number of phenolic OH excluding ortho intramolecular Hbond substituents is 1. The standard InChI is InChI=1S/C29H27BrF3N3O/c1-18-9-12-36(13-10-18)17-20-14-23(16-25(28(20)37)19-2-5-22(30)6-3-19)35-26-8-11-34-27-15-21(29(31,32)33)4-7-24(26)27/h2-8,11,14-16,18,37H,9-10,12-13,17H2,1H3,(H,34,35). The molecule has 3 aromatic carbocycles. The van der Waals surface area contributed by atoms with Crippen molar-refractivity contribution in [1.82, 2.24) is 9.88 Å². The number of benzene rings is 3. The molecule has 8 heteroatoms. The van der Waals surface area contributed by atoms with Crippen LogP contribution in [0.4, 0.5) is 24.5 Å². The Kier molecular flexibility index (Phi) is 7.14. The molecule has 0 unspecified atom stereocenters. The average Bonchev–Trinajstić information content (AvgIpc) is 2.87. The van der Waals surface area contributed by atoms with Gasteiger partial charge in [0.2, 0.25) is 0 Å². The fraction of sp³-hybridized carbons (Fsp3) is 0.276. The maximum Gasteiger partial charge on any atom is 0.416 e. The molecule has 0 amide bonds. The number of aromatic nitrogens is 1. The molecule has 1 aliphatic rings. The minimum atomic E-state index is -4.43. The fourth-order valence-corrected chi connectivity index (χ4v) is 5.05.